The minimum atomic E-state index is -0.408. The Morgan fingerprint density at radius 2 is 1.80 bits per heavy atom. The number of rotatable bonds is 3. The number of carbonyl (C=O) groups excluding carboxylic acids is 2. The highest BCUT2D eigenvalue weighted by Gasteiger charge is 2.08. The Labute approximate surface area is 120 Å². The fraction of sp³-hybridized carbons (Fsp3) is 0.0769. The summed E-state index contributed by atoms with van der Waals surface area (Å²) in [5.41, 5.74) is 1.29. The van der Waals surface area contributed by atoms with Crippen molar-refractivity contribution in [1.29, 1.82) is 0 Å². The first kappa shape index (κ1) is 14.0. The second kappa shape index (κ2) is 6.12. The number of anilines is 2. The Hall–Kier alpha value is -2.47. The van der Waals surface area contributed by atoms with E-state index in [-0.39, 0.29) is 16.8 Å². The van der Waals surface area contributed by atoms with Crippen molar-refractivity contribution >= 4 is 34.8 Å². The van der Waals surface area contributed by atoms with Gasteiger partial charge in [-0.25, -0.2) is 9.97 Å². The molecule has 0 saturated carbocycles. The largest absolute Gasteiger partial charge is 0.326 e. The van der Waals surface area contributed by atoms with Crippen LogP contribution in [0.2, 0.25) is 5.15 Å². The standard InChI is InChI=1S/C13H11ClN4O2/c1-8(19)17-9-3-2-4-10(5-9)18-13(20)11-6-16-12(14)7-15-11/h2-7H,1H3,(H,17,19)(H,18,20). The van der Waals surface area contributed by atoms with Crippen molar-refractivity contribution in [3.8, 4) is 0 Å². The van der Waals surface area contributed by atoms with Crippen molar-refractivity contribution < 1.29 is 9.59 Å². The molecule has 2 aromatic rings. The zero-order chi connectivity index (χ0) is 14.5. The fourth-order valence-electron chi connectivity index (χ4n) is 1.50. The van der Waals surface area contributed by atoms with E-state index < -0.39 is 5.91 Å². The van der Waals surface area contributed by atoms with Crippen LogP contribution < -0.4 is 10.6 Å². The van der Waals surface area contributed by atoms with Gasteiger partial charge in [-0.05, 0) is 18.2 Å². The lowest BCUT2D eigenvalue weighted by Crippen LogP contribution is -2.14. The Balaban J connectivity index is 2.11. The van der Waals surface area contributed by atoms with Gasteiger partial charge in [-0.2, -0.15) is 0 Å². The van der Waals surface area contributed by atoms with Gasteiger partial charge in [-0.3, -0.25) is 9.59 Å². The number of amides is 2. The topological polar surface area (TPSA) is 84.0 Å². The van der Waals surface area contributed by atoms with Crippen LogP contribution in [0.4, 0.5) is 11.4 Å². The van der Waals surface area contributed by atoms with E-state index >= 15 is 0 Å². The Morgan fingerprint density at radius 1 is 1.10 bits per heavy atom. The molecule has 0 bridgehead atoms. The van der Waals surface area contributed by atoms with Crippen LogP contribution in [0.3, 0.4) is 0 Å². The van der Waals surface area contributed by atoms with Crippen LogP contribution in [0.25, 0.3) is 0 Å². The second-order valence-electron chi connectivity index (χ2n) is 3.94. The van der Waals surface area contributed by atoms with Gasteiger partial charge in [-0.1, -0.05) is 17.7 Å². The summed E-state index contributed by atoms with van der Waals surface area (Å²) >= 11 is 5.60. The molecule has 0 saturated heterocycles. The number of carbonyl (C=O) groups is 2. The summed E-state index contributed by atoms with van der Waals surface area (Å²) in [7, 11) is 0. The molecule has 102 valence electrons. The highest BCUT2D eigenvalue weighted by atomic mass is 35.5. The Bertz CT molecular complexity index is 643. The van der Waals surface area contributed by atoms with Crippen molar-refractivity contribution in [2.24, 2.45) is 0 Å². The van der Waals surface area contributed by atoms with E-state index in [1.54, 1.807) is 24.3 Å². The molecular weight excluding hydrogens is 280 g/mol. The average molecular weight is 291 g/mol. The molecule has 1 aromatic carbocycles. The maximum absolute atomic E-state index is 11.9. The van der Waals surface area contributed by atoms with Crippen LogP contribution in [-0.2, 0) is 4.79 Å². The van der Waals surface area contributed by atoms with E-state index in [0.717, 1.165) is 0 Å². The van der Waals surface area contributed by atoms with Crippen molar-refractivity contribution in [2.75, 3.05) is 10.6 Å². The average Bonchev–Trinajstić information content (AvgIpc) is 2.39. The predicted octanol–water partition coefficient (Wildman–Crippen LogP) is 2.34. The molecule has 0 aliphatic carbocycles. The van der Waals surface area contributed by atoms with Crippen LogP contribution in [0.5, 0.6) is 0 Å². The molecule has 0 radical (unpaired) electrons. The molecule has 0 aliphatic heterocycles. The number of hydrogen-bond donors (Lipinski definition) is 2. The van der Waals surface area contributed by atoms with Crippen LogP contribution in [0, 0.1) is 0 Å². The molecule has 1 aromatic heterocycles. The van der Waals surface area contributed by atoms with E-state index in [4.69, 9.17) is 11.6 Å². The summed E-state index contributed by atoms with van der Waals surface area (Å²) in [4.78, 5) is 30.5. The zero-order valence-electron chi connectivity index (χ0n) is 10.6. The van der Waals surface area contributed by atoms with E-state index in [1.807, 2.05) is 0 Å². The summed E-state index contributed by atoms with van der Waals surface area (Å²) in [5.74, 6) is -0.591. The van der Waals surface area contributed by atoms with Gasteiger partial charge >= 0.3 is 0 Å². The minimum absolute atomic E-state index is 0.152. The summed E-state index contributed by atoms with van der Waals surface area (Å²) < 4.78 is 0. The van der Waals surface area contributed by atoms with Crippen LogP contribution >= 0.6 is 11.6 Å². The molecule has 0 atom stereocenters. The quantitative estimate of drug-likeness (QED) is 0.909. The molecule has 0 unspecified atom stereocenters. The van der Waals surface area contributed by atoms with Gasteiger partial charge in [0.2, 0.25) is 5.91 Å². The molecule has 0 aliphatic rings. The summed E-state index contributed by atoms with van der Waals surface area (Å²) in [6.45, 7) is 1.41. The van der Waals surface area contributed by atoms with Crippen LogP contribution in [0.1, 0.15) is 17.4 Å². The van der Waals surface area contributed by atoms with E-state index in [2.05, 4.69) is 20.6 Å². The van der Waals surface area contributed by atoms with Gasteiger partial charge in [0.15, 0.2) is 0 Å². The third kappa shape index (κ3) is 3.76. The van der Waals surface area contributed by atoms with Crippen molar-refractivity contribution in [3.05, 3.63) is 47.5 Å². The lowest BCUT2D eigenvalue weighted by Gasteiger charge is -2.07. The number of halogens is 1. The molecule has 2 N–H and O–H groups in total. The minimum Gasteiger partial charge on any atom is -0.326 e. The maximum Gasteiger partial charge on any atom is 0.275 e. The first-order valence-electron chi connectivity index (χ1n) is 5.71. The van der Waals surface area contributed by atoms with Crippen LogP contribution in [-0.4, -0.2) is 21.8 Å². The molecular formula is C13H11ClN4O2. The fourth-order valence-corrected chi connectivity index (χ4v) is 1.60. The van der Waals surface area contributed by atoms with Crippen LogP contribution in [0.15, 0.2) is 36.7 Å². The molecule has 7 heteroatoms. The molecule has 6 nitrogen and oxygen atoms in total. The number of nitrogens with zero attached hydrogens (tertiary/aromatic N) is 2. The van der Waals surface area contributed by atoms with Gasteiger partial charge in [0.1, 0.15) is 10.8 Å². The molecule has 20 heavy (non-hydrogen) atoms. The van der Waals surface area contributed by atoms with Gasteiger partial charge in [0.25, 0.3) is 5.91 Å². The van der Waals surface area contributed by atoms with Gasteiger partial charge in [0, 0.05) is 18.3 Å². The van der Waals surface area contributed by atoms with Gasteiger partial charge in [-0.15, -0.1) is 0 Å². The molecule has 2 rings (SSSR count). The van der Waals surface area contributed by atoms with Gasteiger partial charge < -0.3 is 10.6 Å². The summed E-state index contributed by atoms with van der Waals surface area (Å²) in [6, 6.07) is 6.78. The number of hydrogen-bond acceptors (Lipinski definition) is 4. The molecule has 1 heterocycles. The number of aromatic nitrogens is 2. The normalized spacial score (nSPS) is 9.90. The van der Waals surface area contributed by atoms with Crippen molar-refractivity contribution in [2.45, 2.75) is 6.92 Å². The van der Waals surface area contributed by atoms with E-state index in [0.29, 0.717) is 11.4 Å². The first-order valence-corrected chi connectivity index (χ1v) is 6.09. The predicted molar refractivity (Wildman–Crippen MR) is 75.7 cm³/mol. The molecule has 2 amide bonds. The molecule has 0 fully saturated rings. The zero-order valence-corrected chi connectivity index (χ0v) is 11.3. The SMILES string of the molecule is CC(=O)Nc1cccc(NC(=O)c2cnc(Cl)cn2)c1. The third-order valence-corrected chi connectivity index (χ3v) is 2.49. The smallest absolute Gasteiger partial charge is 0.275 e. The van der Waals surface area contributed by atoms with Gasteiger partial charge in [0.05, 0.1) is 12.4 Å². The summed E-state index contributed by atoms with van der Waals surface area (Å²) in [5, 5.41) is 5.50. The lowest BCUT2D eigenvalue weighted by molar-refractivity contribution is -0.114. The summed E-state index contributed by atoms with van der Waals surface area (Å²) in [6.07, 6.45) is 2.58. The maximum atomic E-state index is 11.9. The second-order valence-corrected chi connectivity index (χ2v) is 4.33. The Morgan fingerprint density at radius 3 is 2.40 bits per heavy atom. The number of benzene rings is 1. The van der Waals surface area contributed by atoms with E-state index in [9.17, 15) is 9.59 Å². The number of nitrogens with one attached hydrogen (secondary N) is 2. The first-order chi connectivity index (χ1) is 9.54. The lowest BCUT2D eigenvalue weighted by atomic mass is 10.2. The Kier molecular flexibility index (Phi) is 4.27. The van der Waals surface area contributed by atoms with Crippen molar-refractivity contribution in [1.82, 2.24) is 9.97 Å². The third-order valence-electron chi connectivity index (χ3n) is 2.29. The van der Waals surface area contributed by atoms with E-state index in [1.165, 1.54) is 19.3 Å². The molecule has 0 spiro atoms. The monoisotopic (exact) mass is 290 g/mol. The highest BCUT2D eigenvalue weighted by molar-refractivity contribution is 6.29. The van der Waals surface area contributed by atoms with Crippen molar-refractivity contribution in [3.63, 3.8) is 0 Å². The highest BCUT2D eigenvalue weighted by Crippen LogP contribution is 2.15.